The normalized spacial score (nSPS) is 15.4. The zero-order valence-corrected chi connectivity index (χ0v) is 15.6. The lowest BCUT2D eigenvalue weighted by Crippen LogP contribution is -2.37. The first-order valence-corrected chi connectivity index (χ1v) is 9.18. The third-order valence-corrected chi connectivity index (χ3v) is 4.69. The average molecular weight is 358 g/mol. The number of ether oxygens (including phenoxy) is 1. The molecule has 1 fully saturated rings. The van der Waals surface area contributed by atoms with E-state index in [-0.39, 0.29) is 12.0 Å². The van der Waals surface area contributed by atoms with Crippen molar-refractivity contribution in [3.8, 4) is 0 Å². The number of aromatic nitrogens is 2. The van der Waals surface area contributed by atoms with Crippen LogP contribution in [0.15, 0.2) is 24.5 Å². The molecule has 2 heterocycles. The smallest absolute Gasteiger partial charge is 0.409 e. The molecule has 0 bridgehead atoms. The Hall–Kier alpha value is -2.57. The second kappa shape index (κ2) is 7.76. The summed E-state index contributed by atoms with van der Waals surface area (Å²) in [6, 6.07) is 5.99. The standard InChI is InChI=1S/C19H26N4O3/c1-4-26-19(25)22-9-5-8-21(10-11-22)18(24)15-6-7-17-16(12-15)20-13-23(17)14(2)3/h6-7,12-14H,4-5,8-11H2,1-3H3. The van der Waals surface area contributed by atoms with Crippen LogP contribution in [0.2, 0.25) is 0 Å². The Kier molecular flexibility index (Phi) is 5.44. The van der Waals surface area contributed by atoms with Crippen LogP contribution in [0.25, 0.3) is 11.0 Å². The maximum atomic E-state index is 12.9. The third-order valence-electron chi connectivity index (χ3n) is 4.69. The van der Waals surface area contributed by atoms with Crippen molar-refractivity contribution in [2.24, 2.45) is 0 Å². The molecule has 1 aliphatic rings. The van der Waals surface area contributed by atoms with E-state index >= 15 is 0 Å². The molecule has 0 radical (unpaired) electrons. The molecule has 0 aliphatic carbocycles. The van der Waals surface area contributed by atoms with Crippen molar-refractivity contribution in [1.29, 1.82) is 0 Å². The van der Waals surface area contributed by atoms with Gasteiger partial charge in [-0.1, -0.05) is 0 Å². The summed E-state index contributed by atoms with van der Waals surface area (Å²) in [5.74, 6) is -0.0169. The predicted molar refractivity (Wildman–Crippen MR) is 99.2 cm³/mol. The summed E-state index contributed by atoms with van der Waals surface area (Å²) in [5, 5.41) is 0. The molecule has 0 atom stereocenters. The summed E-state index contributed by atoms with van der Waals surface area (Å²) in [7, 11) is 0. The molecule has 2 aromatic rings. The van der Waals surface area contributed by atoms with Crippen molar-refractivity contribution in [2.75, 3.05) is 32.8 Å². The van der Waals surface area contributed by atoms with Gasteiger partial charge in [0.05, 0.1) is 24.0 Å². The number of fused-ring (bicyclic) bond motifs is 1. The second-order valence-corrected chi connectivity index (χ2v) is 6.78. The van der Waals surface area contributed by atoms with Gasteiger partial charge in [0, 0.05) is 37.8 Å². The number of rotatable bonds is 3. The summed E-state index contributed by atoms with van der Waals surface area (Å²) in [6.45, 7) is 8.61. The first kappa shape index (κ1) is 18.2. The maximum absolute atomic E-state index is 12.9. The number of nitrogens with zero attached hydrogens (tertiary/aromatic N) is 4. The van der Waals surface area contributed by atoms with Gasteiger partial charge in [-0.15, -0.1) is 0 Å². The van der Waals surface area contributed by atoms with Gasteiger partial charge in [0.1, 0.15) is 0 Å². The van der Waals surface area contributed by atoms with Gasteiger partial charge in [-0.3, -0.25) is 4.79 Å². The number of carbonyl (C=O) groups is 2. The Labute approximate surface area is 153 Å². The molecule has 26 heavy (non-hydrogen) atoms. The largest absolute Gasteiger partial charge is 0.450 e. The van der Waals surface area contributed by atoms with Crippen LogP contribution in [-0.2, 0) is 4.74 Å². The summed E-state index contributed by atoms with van der Waals surface area (Å²) in [5.41, 5.74) is 2.49. The van der Waals surface area contributed by atoms with Crippen LogP contribution in [0.4, 0.5) is 4.79 Å². The van der Waals surface area contributed by atoms with E-state index < -0.39 is 0 Å². The van der Waals surface area contributed by atoms with Crippen LogP contribution in [-0.4, -0.2) is 64.1 Å². The minimum Gasteiger partial charge on any atom is -0.450 e. The summed E-state index contributed by atoms with van der Waals surface area (Å²) in [6.07, 6.45) is 2.25. The molecule has 1 aromatic heterocycles. The van der Waals surface area contributed by atoms with Crippen molar-refractivity contribution < 1.29 is 14.3 Å². The summed E-state index contributed by atoms with van der Waals surface area (Å²) in [4.78, 5) is 32.7. The van der Waals surface area contributed by atoms with Crippen molar-refractivity contribution in [1.82, 2.24) is 19.4 Å². The molecule has 0 N–H and O–H groups in total. The van der Waals surface area contributed by atoms with Crippen LogP contribution in [0, 0.1) is 0 Å². The Morgan fingerprint density at radius 2 is 1.88 bits per heavy atom. The fourth-order valence-corrected chi connectivity index (χ4v) is 3.28. The minimum atomic E-state index is -0.303. The van der Waals surface area contributed by atoms with Gasteiger partial charge in [0.2, 0.25) is 0 Å². The van der Waals surface area contributed by atoms with Crippen molar-refractivity contribution in [2.45, 2.75) is 33.2 Å². The average Bonchev–Trinajstić information content (AvgIpc) is 2.89. The number of imidazole rings is 1. The third kappa shape index (κ3) is 3.66. The highest BCUT2D eigenvalue weighted by molar-refractivity contribution is 5.97. The molecular weight excluding hydrogens is 332 g/mol. The molecule has 7 heteroatoms. The first-order chi connectivity index (χ1) is 12.5. The van der Waals surface area contributed by atoms with Crippen molar-refractivity contribution in [3.63, 3.8) is 0 Å². The fraction of sp³-hybridized carbons (Fsp3) is 0.526. The summed E-state index contributed by atoms with van der Waals surface area (Å²) >= 11 is 0. The van der Waals surface area contributed by atoms with Crippen LogP contribution in [0.1, 0.15) is 43.6 Å². The number of amides is 2. The van der Waals surface area contributed by atoms with Gasteiger partial charge >= 0.3 is 6.09 Å². The summed E-state index contributed by atoms with van der Waals surface area (Å²) < 4.78 is 7.15. The molecule has 0 unspecified atom stereocenters. The molecule has 1 aromatic carbocycles. The quantitative estimate of drug-likeness (QED) is 0.846. The molecule has 140 valence electrons. The van der Waals surface area contributed by atoms with E-state index in [2.05, 4.69) is 23.4 Å². The molecule has 3 rings (SSSR count). The van der Waals surface area contributed by atoms with Gasteiger partial charge < -0.3 is 19.1 Å². The number of carbonyl (C=O) groups excluding carboxylic acids is 2. The molecular formula is C19H26N4O3. The van der Waals surface area contributed by atoms with E-state index in [9.17, 15) is 9.59 Å². The lowest BCUT2D eigenvalue weighted by molar-refractivity contribution is 0.0753. The highest BCUT2D eigenvalue weighted by Gasteiger charge is 2.23. The molecule has 0 spiro atoms. The van der Waals surface area contributed by atoms with Gasteiger partial charge in [0.25, 0.3) is 5.91 Å². The van der Waals surface area contributed by atoms with E-state index in [0.29, 0.717) is 44.4 Å². The van der Waals surface area contributed by atoms with Gasteiger partial charge in [-0.25, -0.2) is 9.78 Å². The number of hydrogen-bond acceptors (Lipinski definition) is 4. The lowest BCUT2D eigenvalue weighted by atomic mass is 10.1. The Balaban J connectivity index is 1.73. The van der Waals surface area contributed by atoms with Gasteiger partial charge in [-0.05, 0) is 45.4 Å². The van der Waals surface area contributed by atoms with Crippen LogP contribution >= 0.6 is 0 Å². The molecule has 2 amide bonds. The first-order valence-electron chi connectivity index (χ1n) is 9.18. The highest BCUT2D eigenvalue weighted by atomic mass is 16.6. The topological polar surface area (TPSA) is 67.7 Å². The van der Waals surface area contributed by atoms with Crippen LogP contribution in [0.3, 0.4) is 0 Å². The monoisotopic (exact) mass is 358 g/mol. The second-order valence-electron chi connectivity index (χ2n) is 6.78. The van der Waals surface area contributed by atoms with E-state index in [0.717, 1.165) is 17.5 Å². The number of hydrogen-bond donors (Lipinski definition) is 0. The SMILES string of the molecule is CCOC(=O)N1CCCN(C(=O)c2ccc3c(c2)ncn3C(C)C)CC1. The fourth-order valence-electron chi connectivity index (χ4n) is 3.28. The van der Waals surface area contributed by atoms with Crippen molar-refractivity contribution >= 4 is 23.0 Å². The van der Waals surface area contributed by atoms with Gasteiger partial charge in [0.15, 0.2) is 0 Å². The Bertz CT molecular complexity index is 799. The maximum Gasteiger partial charge on any atom is 0.409 e. The van der Waals surface area contributed by atoms with Gasteiger partial charge in [-0.2, -0.15) is 0 Å². The van der Waals surface area contributed by atoms with Crippen molar-refractivity contribution in [3.05, 3.63) is 30.1 Å². The van der Waals surface area contributed by atoms with Crippen LogP contribution < -0.4 is 0 Å². The molecule has 7 nitrogen and oxygen atoms in total. The van der Waals surface area contributed by atoms with Crippen LogP contribution in [0.5, 0.6) is 0 Å². The zero-order valence-electron chi connectivity index (χ0n) is 15.6. The highest BCUT2D eigenvalue weighted by Crippen LogP contribution is 2.20. The van der Waals surface area contributed by atoms with E-state index in [4.69, 9.17) is 4.74 Å². The lowest BCUT2D eigenvalue weighted by Gasteiger charge is -2.21. The minimum absolute atomic E-state index is 0.0169. The van der Waals surface area contributed by atoms with E-state index in [1.807, 2.05) is 24.5 Å². The Morgan fingerprint density at radius 1 is 1.15 bits per heavy atom. The van der Waals surface area contributed by atoms with E-state index in [1.54, 1.807) is 16.7 Å². The molecule has 0 saturated carbocycles. The molecule has 1 aliphatic heterocycles. The number of benzene rings is 1. The molecule has 1 saturated heterocycles. The van der Waals surface area contributed by atoms with E-state index in [1.165, 1.54) is 0 Å². The predicted octanol–water partition coefficient (Wildman–Crippen LogP) is 2.92. The Morgan fingerprint density at radius 3 is 2.62 bits per heavy atom. The zero-order chi connectivity index (χ0) is 18.7.